The number of anilines is 1. The van der Waals surface area contributed by atoms with Crippen LogP contribution in [0.5, 0.6) is 0 Å². The molecule has 0 radical (unpaired) electrons. The first-order valence-electron chi connectivity index (χ1n) is 6.26. The summed E-state index contributed by atoms with van der Waals surface area (Å²) in [7, 11) is 0. The van der Waals surface area contributed by atoms with Crippen molar-refractivity contribution in [3.05, 3.63) is 34.1 Å². The second-order valence-corrected chi connectivity index (χ2v) is 5.64. The third kappa shape index (κ3) is 2.42. The highest BCUT2D eigenvalue weighted by atomic mass is 32.1. The monoisotopic (exact) mass is 317 g/mol. The molecule has 2 amide bonds. The first kappa shape index (κ1) is 14.1. The quantitative estimate of drug-likeness (QED) is 0.756. The number of rotatable bonds is 3. The number of nitrogens with two attached hydrogens (primary N) is 1. The molecular formula is C13H11N5O3S. The first-order valence-corrected chi connectivity index (χ1v) is 7.08. The number of hydrogen-bond donors (Lipinski definition) is 2. The second-order valence-electron chi connectivity index (χ2n) is 4.61. The van der Waals surface area contributed by atoms with E-state index in [-0.39, 0.29) is 15.9 Å². The van der Waals surface area contributed by atoms with Gasteiger partial charge in [-0.25, -0.2) is 9.97 Å². The summed E-state index contributed by atoms with van der Waals surface area (Å²) in [5, 5.41) is 7.29. The molecule has 3 aromatic heterocycles. The van der Waals surface area contributed by atoms with Gasteiger partial charge in [0.05, 0.1) is 22.8 Å². The van der Waals surface area contributed by atoms with Gasteiger partial charge in [-0.3, -0.25) is 14.9 Å². The van der Waals surface area contributed by atoms with Gasteiger partial charge in [0.2, 0.25) is 0 Å². The lowest BCUT2D eigenvalue weighted by molar-refractivity contribution is 0.100. The second kappa shape index (κ2) is 5.19. The Kier molecular flexibility index (Phi) is 3.33. The van der Waals surface area contributed by atoms with Crippen molar-refractivity contribution in [1.29, 1.82) is 0 Å². The number of primary amides is 1. The summed E-state index contributed by atoms with van der Waals surface area (Å²) in [6.45, 7) is 3.48. The molecule has 3 N–H and O–H groups in total. The minimum atomic E-state index is -0.588. The van der Waals surface area contributed by atoms with Crippen LogP contribution in [0.25, 0.3) is 11.1 Å². The van der Waals surface area contributed by atoms with Crippen LogP contribution in [-0.4, -0.2) is 26.9 Å². The molecule has 0 saturated heterocycles. The number of aromatic nitrogens is 3. The number of hydrogen-bond acceptors (Lipinski definition) is 7. The van der Waals surface area contributed by atoms with E-state index in [0.29, 0.717) is 28.1 Å². The molecule has 0 bridgehead atoms. The maximum absolute atomic E-state index is 12.5. The smallest absolute Gasteiger partial charge is 0.260 e. The predicted molar refractivity (Wildman–Crippen MR) is 79.9 cm³/mol. The molecule has 3 aromatic rings. The van der Waals surface area contributed by atoms with Gasteiger partial charge in [0.1, 0.15) is 4.88 Å². The number of pyridine rings is 1. The Labute approximate surface area is 128 Å². The lowest BCUT2D eigenvalue weighted by atomic mass is 10.1. The average Bonchev–Trinajstić information content (AvgIpc) is 3.05. The predicted octanol–water partition coefficient (Wildman–Crippen LogP) is 1.65. The fourth-order valence-electron chi connectivity index (χ4n) is 2.01. The third-order valence-corrected chi connectivity index (χ3v) is 3.89. The lowest BCUT2D eigenvalue weighted by Gasteiger charge is -2.04. The number of nitrogens with zero attached hydrogens (tertiary/aromatic N) is 3. The summed E-state index contributed by atoms with van der Waals surface area (Å²) >= 11 is 1.01. The van der Waals surface area contributed by atoms with Crippen molar-refractivity contribution in [3.8, 4) is 0 Å². The number of carbonyl (C=O) groups excluding carboxylic acids is 2. The van der Waals surface area contributed by atoms with E-state index < -0.39 is 5.91 Å². The molecule has 8 nitrogen and oxygen atoms in total. The average molecular weight is 317 g/mol. The van der Waals surface area contributed by atoms with Crippen LogP contribution in [0.4, 0.5) is 5.13 Å². The number of thiazole rings is 1. The van der Waals surface area contributed by atoms with Gasteiger partial charge in [-0.05, 0) is 19.9 Å². The SMILES string of the molecule is Cc1cc(C(=O)Nc2ncc(C(N)=O)s2)c2c(C)noc2n1. The first-order chi connectivity index (χ1) is 10.5. The molecular weight excluding hydrogens is 306 g/mol. The minimum absolute atomic E-state index is 0.271. The molecule has 9 heteroatoms. The van der Waals surface area contributed by atoms with Crippen molar-refractivity contribution in [2.45, 2.75) is 13.8 Å². The summed E-state index contributed by atoms with van der Waals surface area (Å²) in [6, 6.07) is 1.64. The molecule has 0 fully saturated rings. The van der Waals surface area contributed by atoms with Gasteiger partial charge in [-0.2, -0.15) is 0 Å². The molecule has 3 heterocycles. The zero-order chi connectivity index (χ0) is 15.9. The fraction of sp³-hybridized carbons (Fsp3) is 0.154. The molecule has 3 rings (SSSR count). The van der Waals surface area contributed by atoms with E-state index in [2.05, 4.69) is 20.4 Å². The van der Waals surface area contributed by atoms with Crippen LogP contribution < -0.4 is 11.1 Å². The van der Waals surface area contributed by atoms with Crippen molar-refractivity contribution in [1.82, 2.24) is 15.1 Å². The normalized spacial score (nSPS) is 10.8. The van der Waals surface area contributed by atoms with E-state index in [1.54, 1.807) is 19.9 Å². The summed E-state index contributed by atoms with van der Waals surface area (Å²) in [5.41, 5.74) is 7.05. The molecule has 112 valence electrons. The molecule has 0 aliphatic rings. The number of nitrogens with one attached hydrogen (secondary N) is 1. The highest BCUT2D eigenvalue weighted by Crippen LogP contribution is 2.24. The van der Waals surface area contributed by atoms with Crippen molar-refractivity contribution in [3.63, 3.8) is 0 Å². The van der Waals surface area contributed by atoms with Crippen LogP contribution in [0.3, 0.4) is 0 Å². The molecule has 0 aliphatic carbocycles. The maximum Gasteiger partial charge on any atom is 0.260 e. The van der Waals surface area contributed by atoms with Crippen molar-refractivity contribution in [2.75, 3.05) is 5.32 Å². The Balaban J connectivity index is 1.98. The zero-order valence-corrected chi connectivity index (χ0v) is 12.5. The van der Waals surface area contributed by atoms with Gasteiger partial charge < -0.3 is 10.3 Å². The van der Waals surface area contributed by atoms with Crippen molar-refractivity contribution >= 4 is 39.4 Å². The van der Waals surface area contributed by atoms with E-state index >= 15 is 0 Å². The van der Waals surface area contributed by atoms with Crippen molar-refractivity contribution < 1.29 is 14.1 Å². The van der Waals surface area contributed by atoms with E-state index in [9.17, 15) is 9.59 Å². The number of aryl methyl sites for hydroxylation is 2. The van der Waals surface area contributed by atoms with Gasteiger partial charge in [0, 0.05) is 5.69 Å². The summed E-state index contributed by atoms with van der Waals surface area (Å²) in [5.74, 6) is -0.970. The minimum Gasteiger partial charge on any atom is -0.365 e. The molecule has 0 aromatic carbocycles. The van der Waals surface area contributed by atoms with Crippen molar-refractivity contribution in [2.24, 2.45) is 5.73 Å². The van der Waals surface area contributed by atoms with Crippen LogP contribution in [0, 0.1) is 13.8 Å². The van der Waals surface area contributed by atoms with Gasteiger partial charge in [0.25, 0.3) is 17.5 Å². The van der Waals surface area contributed by atoms with Gasteiger partial charge in [-0.1, -0.05) is 16.5 Å². The lowest BCUT2D eigenvalue weighted by Crippen LogP contribution is -2.13. The van der Waals surface area contributed by atoms with Crippen LogP contribution in [0.15, 0.2) is 16.8 Å². The van der Waals surface area contributed by atoms with Crippen LogP contribution >= 0.6 is 11.3 Å². The highest BCUT2D eigenvalue weighted by molar-refractivity contribution is 7.17. The van der Waals surface area contributed by atoms with Gasteiger partial charge in [0.15, 0.2) is 5.13 Å². The van der Waals surface area contributed by atoms with E-state index in [0.717, 1.165) is 11.3 Å². The molecule has 0 unspecified atom stereocenters. The number of amides is 2. The molecule has 22 heavy (non-hydrogen) atoms. The Morgan fingerprint density at radius 2 is 2.14 bits per heavy atom. The maximum atomic E-state index is 12.5. The molecule has 0 spiro atoms. The summed E-state index contributed by atoms with van der Waals surface area (Å²) in [6.07, 6.45) is 1.32. The molecule has 0 aliphatic heterocycles. The fourth-order valence-corrected chi connectivity index (χ4v) is 2.67. The Morgan fingerprint density at radius 3 is 2.82 bits per heavy atom. The third-order valence-electron chi connectivity index (χ3n) is 2.96. The standard InChI is InChI=1S/C13H11N5O3S/c1-5-3-7(9-6(2)18-21-12(9)16-5)11(20)17-13-15-4-8(22-13)10(14)19/h3-4H,1-2H3,(H2,14,19)(H,15,17,20). The van der Waals surface area contributed by atoms with Crippen LogP contribution in [0.2, 0.25) is 0 Å². The van der Waals surface area contributed by atoms with Gasteiger partial charge in [-0.15, -0.1) is 0 Å². The zero-order valence-electron chi connectivity index (χ0n) is 11.7. The Bertz CT molecular complexity index is 898. The van der Waals surface area contributed by atoms with E-state index in [4.69, 9.17) is 10.3 Å². The Morgan fingerprint density at radius 1 is 1.36 bits per heavy atom. The topological polar surface area (TPSA) is 124 Å². The van der Waals surface area contributed by atoms with Crippen LogP contribution in [0.1, 0.15) is 31.4 Å². The molecule has 0 saturated carbocycles. The highest BCUT2D eigenvalue weighted by Gasteiger charge is 2.19. The Hall–Kier alpha value is -2.81. The van der Waals surface area contributed by atoms with Gasteiger partial charge >= 0.3 is 0 Å². The van der Waals surface area contributed by atoms with Crippen LogP contribution in [-0.2, 0) is 0 Å². The van der Waals surface area contributed by atoms with E-state index in [1.165, 1.54) is 6.20 Å². The largest absolute Gasteiger partial charge is 0.365 e. The van der Waals surface area contributed by atoms with E-state index in [1.807, 2.05) is 0 Å². The molecule has 0 atom stereocenters. The summed E-state index contributed by atoms with van der Waals surface area (Å²) in [4.78, 5) is 31.9. The summed E-state index contributed by atoms with van der Waals surface area (Å²) < 4.78 is 5.09. The number of carbonyl (C=O) groups is 2. The number of fused-ring (bicyclic) bond motifs is 1.